The number of aromatic hydroxyl groups is 2. The Morgan fingerprint density at radius 1 is 0.612 bits per heavy atom. The zero-order valence-electron chi connectivity index (χ0n) is 25.6. The third-order valence-corrected chi connectivity index (χ3v) is 5.38. The minimum absolute atomic E-state index is 0. The molecule has 0 aliphatic carbocycles. The molecule has 2 aromatic carbocycles. The van der Waals surface area contributed by atoms with E-state index in [1.807, 2.05) is 84.9 Å². The first-order valence-corrected chi connectivity index (χ1v) is 17.2. The Morgan fingerprint density at radius 3 is 1.18 bits per heavy atom. The number of rotatable bonds is 9. The SMILES string of the molecule is C[n+]1ccn(Cc2ccc(O)c(C=NCCN=Cc3cc(Cn4cc[n+](C)c4)ccc3O)c2)c1.F[P-](F)(F)(F)(F)F.F[P-](F)(F)(F)(F)F.[Zn]. The molecule has 272 valence electrons. The van der Waals surface area contributed by atoms with Crippen LogP contribution in [0.5, 0.6) is 11.5 Å². The molecule has 0 unspecified atom stereocenters. The summed E-state index contributed by atoms with van der Waals surface area (Å²) >= 11 is 0. The van der Waals surface area contributed by atoms with Crippen LogP contribution in [0.3, 0.4) is 0 Å². The Balaban J connectivity index is 0.000000674. The Labute approximate surface area is 283 Å². The molecule has 0 bridgehead atoms. The third-order valence-electron chi connectivity index (χ3n) is 5.38. The Kier molecular flexibility index (Phi) is 12.7. The van der Waals surface area contributed by atoms with Crippen molar-refractivity contribution in [2.45, 2.75) is 13.1 Å². The molecular weight excluding hydrogens is 784 g/mol. The van der Waals surface area contributed by atoms with Crippen LogP contribution in [-0.2, 0) is 46.7 Å². The fourth-order valence-electron chi connectivity index (χ4n) is 3.66. The maximum atomic E-state index is 10.2. The molecule has 2 heterocycles. The summed E-state index contributed by atoms with van der Waals surface area (Å²) in [5.74, 6) is 0.402. The van der Waals surface area contributed by atoms with Crippen LogP contribution in [0.2, 0.25) is 0 Å². The van der Waals surface area contributed by atoms with Crippen molar-refractivity contribution in [2.24, 2.45) is 24.1 Å². The van der Waals surface area contributed by atoms with Gasteiger partial charge in [0.2, 0.25) is 12.7 Å². The van der Waals surface area contributed by atoms with Gasteiger partial charge in [-0.05, 0) is 35.4 Å². The molecule has 0 saturated heterocycles. The largest absolute Gasteiger partial charge is 0 e. The van der Waals surface area contributed by atoms with Gasteiger partial charge in [-0.25, -0.2) is 18.3 Å². The Morgan fingerprint density at radius 2 is 0.918 bits per heavy atom. The first kappa shape index (κ1) is 43.5. The molecule has 0 spiro atoms. The molecule has 0 aliphatic heterocycles. The molecule has 0 atom stereocenters. The number of hydrogen-bond donors (Lipinski definition) is 2. The number of benzene rings is 2. The minimum Gasteiger partial charge on any atom is 0 e. The molecule has 4 rings (SSSR count). The van der Waals surface area contributed by atoms with Gasteiger partial charge in [-0.2, -0.15) is 0 Å². The Bertz CT molecular complexity index is 1630. The summed E-state index contributed by atoms with van der Waals surface area (Å²) in [5.41, 5.74) is 3.53. The number of aliphatic imine (C=N–C) groups is 2. The number of hydrogen-bond acceptors (Lipinski definition) is 4. The van der Waals surface area contributed by atoms with Gasteiger partial charge in [-0.1, -0.05) is 12.1 Å². The Hall–Kier alpha value is -3.56. The summed E-state index contributed by atoms with van der Waals surface area (Å²) in [7, 11) is -17.4. The number of nitrogens with zero attached hydrogens (tertiary/aromatic N) is 6. The molecule has 0 fully saturated rings. The average molecular weight is 814 g/mol. The van der Waals surface area contributed by atoms with E-state index in [2.05, 4.69) is 19.1 Å². The smallest absolute Gasteiger partial charge is 0 e. The first-order valence-electron chi connectivity index (χ1n) is 13.1. The fourth-order valence-corrected chi connectivity index (χ4v) is 3.66. The van der Waals surface area contributed by atoms with Crippen LogP contribution in [0.1, 0.15) is 22.3 Å². The van der Waals surface area contributed by atoms with Crippen LogP contribution in [-0.4, -0.2) is 44.9 Å². The van der Waals surface area contributed by atoms with E-state index in [-0.39, 0.29) is 31.0 Å². The van der Waals surface area contributed by atoms with Crippen LogP contribution in [0.25, 0.3) is 0 Å². The van der Waals surface area contributed by atoms with E-state index in [1.54, 1.807) is 24.6 Å². The van der Waals surface area contributed by atoms with Crippen LogP contribution in [0.15, 0.2) is 83.8 Å². The van der Waals surface area contributed by atoms with Gasteiger partial charge in [0.25, 0.3) is 0 Å². The minimum atomic E-state index is -10.7. The van der Waals surface area contributed by atoms with Gasteiger partial charge in [-0.15, -0.1) is 0 Å². The second-order valence-corrected chi connectivity index (χ2v) is 14.1. The molecule has 0 aliphatic rings. The van der Waals surface area contributed by atoms with Crippen molar-refractivity contribution in [3.63, 3.8) is 0 Å². The third kappa shape index (κ3) is 24.3. The van der Waals surface area contributed by atoms with Crippen molar-refractivity contribution in [1.29, 1.82) is 0 Å². The first-order chi connectivity index (χ1) is 21.4. The average Bonchev–Trinajstić information content (AvgIpc) is 3.48. The quantitative estimate of drug-likeness (QED) is 0.0443. The monoisotopic (exact) mass is 812 g/mol. The predicted octanol–water partition coefficient (Wildman–Crippen LogP) is 8.75. The molecule has 2 N–H and O–H groups in total. The van der Waals surface area contributed by atoms with Crippen molar-refractivity contribution in [3.8, 4) is 11.5 Å². The topological polar surface area (TPSA) is 82.8 Å². The van der Waals surface area contributed by atoms with Crippen LogP contribution >= 0.6 is 15.6 Å². The molecule has 0 saturated carbocycles. The van der Waals surface area contributed by atoms with Gasteiger partial charge in [0, 0.05) is 43.0 Å². The van der Waals surface area contributed by atoms with E-state index < -0.39 is 15.6 Å². The van der Waals surface area contributed by atoms with Crippen molar-refractivity contribution < 1.29 is 89.2 Å². The maximum absolute atomic E-state index is 10.7. The number of phenolic OH excluding ortho intramolecular Hbond substituents is 2. The predicted molar refractivity (Wildman–Crippen MR) is 158 cm³/mol. The van der Waals surface area contributed by atoms with Crippen LogP contribution < -0.4 is 9.13 Å². The standard InChI is InChI=1S/C26H28N6O2.2F6P.Zn/c1-29-9-11-31(19-29)17-21-3-5-25(33)23(13-21)15-27-7-8-28-16-24-14-22(4-6-26(24)34)18-32-12-10-30(2)20-32;2*1-7(2,3,4,5)6;/h3-6,9-16,19-20H,7-8,17-18H2,1-2H3;;;/q;2*-1;/p+2. The van der Waals surface area contributed by atoms with E-state index in [0.717, 1.165) is 24.2 Å². The summed E-state index contributed by atoms with van der Waals surface area (Å²) in [4.78, 5) is 8.81. The second kappa shape index (κ2) is 14.4. The summed E-state index contributed by atoms with van der Waals surface area (Å²) in [6.07, 6.45) is 15.4. The number of halogens is 12. The zero-order chi connectivity index (χ0) is 36.7. The second-order valence-electron chi connectivity index (χ2n) is 10.3. The summed E-state index contributed by atoms with van der Waals surface area (Å²) < 4.78 is 127. The zero-order valence-corrected chi connectivity index (χ0v) is 30.4. The van der Waals surface area contributed by atoms with Crippen molar-refractivity contribution in [2.75, 3.05) is 13.1 Å². The van der Waals surface area contributed by atoms with E-state index in [0.29, 0.717) is 24.2 Å². The molecule has 0 radical (unpaired) electrons. The number of phenols is 2. The van der Waals surface area contributed by atoms with Crippen molar-refractivity contribution >= 4 is 28.0 Å². The molecular formula is C26H30F12N6O2P2Zn. The van der Waals surface area contributed by atoms with E-state index >= 15 is 0 Å². The van der Waals surface area contributed by atoms with Crippen molar-refractivity contribution in [3.05, 3.63) is 96.1 Å². The summed E-state index contributed by atoms with van der Waals surface area (Å²) in [6, 6.07) is 11.1. The number of aromatic nitrogens is 4. The van der Waals surface area contributed by atoms with Gasteiger partial charge in [-0.3, -0.25) is 9.98 Å². The molecule has 49 heavy (non-hydrogen) atoms. The molecule has 0 amide bonds. The van der Waals surface area contributed by atoms with E-state index in [9.17, 15) is 60.6 Å². The van der Waals surface area contributed by atoms with E-state index in [4.69, 9.17) is 0 Å². The maximum Gasteiger partial charge on any atom is 0 e. The van der Waals surface area contributed by atoms with Gasteiger partial charge < -0.3 is 10.2 Å². The van der Waals surface area contributed by atoms with Gasteiger partial charge >= 0.3 is 66.0 Å². The molecule has 23 heteroatoms. The van der Waals surface area contributed by atoms with Gasteiger partial charge in [0.05, 0.1) is 27.2 Å². The normalized spacial score (nSPS) is 14.7. The molecule has 4 aromatic rings. The van der Waals surface area contributed by atoms with Gasteiger partial charge in [0.15, 0.2) is 0 Å². The van der Waals surface area contributed by atoms with E-state index in [1.165, 1.54) is 0 Å². The number of aryl methyl sites for hydroxylation is 2. The molecule has 2 aromatic heterocycles. The van der Waals surface area contributed by atoms with Gasteiger partial charge in [0.1, 0.15) is 49.4 Å². The summed E-state index contributed by atoms with van der Waals surface area (Å²) in [5, 5.41) is 20.3. The number of imidazole rings is 2. The van der Waals surface area contributed by atoms with Crippen LogP contribution in [0, 0.1) is 0 Å². The molecule has 8 nitrogen and oxygen atoms in total. The fraction of sp³-hybridized carbons (Fsp3) is 0.231. The van der Waals surface area contributed by atoms with Crippen LogP contribution in [0.4, 0.5) is 50.4 Å². The summed E-state index contributed by atoms with van der Waals surface area (Å²) in [6.45, 7) is 2.40. The van der Waals surface area contributed by atoms with Crippen molar-refractivity contribution in [1.82, 2.24) is 9.13 Å².